The predicted molar refractivity (Wildman–Crippen MR) is 59.5 cm³/mol. The Morgan fingerprint density at radius 2 is 2.17 bits per heavy atom. The zero-order chi connectivity index (χ0) is 8.72. The van der Waals surface area contributed by atoms with Crippen LogP contribution in [0.5, 0.6) is 0 Å². The van der Waals surface area contributed by atoms with Gasteiger partial charge in [0.2, 0.25) is 0 Å². The van der Waals surface area contributed by atoms with Crippen molar-refractivity contribution in [1.82, 2.24) is 0 Å². The molecule has 0 bridgehead atoms. The molecule has 1 heterocycles. The fourth-order valence-electron chi connectivity index (χ4n) is 1.01. The largest absolute Gasteiger partial charge is 0.204 e. The molecule has 62 valence electrons. The molecule has 0 saturated carbocycles. The number of hydrogen-bond donors (Lipinski definition) is 0. The van der Waals surface area contributed by atoms with Gasteiger partial charge in [0.1, 0.15) is 0 Å². The standard InChI is InChI=1S/C8H3ClFIS/c9-5-2-1-4-3-6(11)12-8(4)7(5)10/h1-3H. The van der Waals surface area contributed by atoms with Gasteiger partial charge < -0.3 is 0 Å². The minimum absolute atomic E-state index is 0.195. The molecular formula is C8H3ClFIS. The van der Waals surface area contributed by atoms with Crippen molar-refractivity contribution in [2.45, 2.75) is 0 Å². The number of thiophene rings is 1. The minimum atomic E-state index is -0.304. The van der Waals surface area contributed by atoms with E-state index in [1.54, 1.807) is 6.07 Å². The molecule has 1 aromatic carbocycles. The van der Waals surface area contributed by atoms with Crippen LogP contribution in [0.3, 0.4) is 0 Å². The first-order valence-corrected chi connectivity index (χ1v) is 5.49. The lowest BCUT2D eigenvalue weighted by Crippen LogP contribution is -1.74. The van der Waals surface area contributed by atoms with E-state index in [1.165, 1.54) is 11.3 Å². The normalized spacial score (nSPS) is 10.9. The smallest absolute Gasteiger partial charge is 0.159 e. The van der Waals surface area contributed by atoms with Crippen LogP contribution < -0.4 is 0 Å². The fourth-order valence-corrected chi connectivity index (χ4v) is 3.05. The molecule has 2 rings (SSSR count). The van der Waals surface area contributed by atoms with Crippen LogP contribution in [-0.2, 0) is 0 Å². The SMILES string of the molecule is Fc1c(Cl)ccc2cc(I)sc12. The monoisotopic (exact) mass is 312 g/mol. The molecule has 0 aliphatic carbocycles. The Kier molecular flexibility index (Phi) is 2.27. The molecule has 0 spiro atoms. The van der Waals surface area contributed by atoms with E-state index < -0.39 is 0 Å². The van der Waals surface area contributed by atoms with Gasteiger partial charge in [-0.15, -0.1) is 11.3 Å². The van der Waals surface area contributed by atoms with Gasteiger partial charge in [-0.05, 0) is 40.1 Å². The van der Waals surface area contributed by atoms with E-state index in [1.807, 2.05) is 12.1 Å². The molecule has 12 heavy (non-hydrogen) atoms. The molecule has 0 N–H and O–H groups in total. The molecule has 0 saturated heterocycles. The average Bonchev–Trinajstić information content (AvgIpc) is 2.39. The second-order valence-electron chi connectivity index (χ2n) is 2.33. The van der Waals surface area contributed by atoms with Crippen molar-refractivity contribution in [3.05, 3.63) is 31.9 Å². The number of halogens is 3. The lowest BCUT2D eigenvalue weighted by atomic mass is 10.2. The molecule has 0 nitrogen and oxygen atoms in total. The Morgan fingerprint density at radius 1 is 1.42 bits per heavy atom. The lowest BCUT2D eigenvalue weighted by molar-refractivity contribution is 0.642. The van der Waals surface area contributed by atoms with Crippen molar-refractivity contribution in [3.63, 3.8) is 0 Å². The van der Waals surface area contributed by atoms with Gasteiger partial charge in [-0.1, -0.05) is 17.7 Å². The van der Waals surface area contributed by atoms with E-state index >= 15 is 0 Å². The minimum Gasteiger partial charge on any atom is -0.204 e. The van der Waals surface area contributed by atoms with Gasteiger partial charge in [0, 0.05) is 0 Å². The van der Waals surface area contributed by atoms with Crippen LogP contribution in [-0.4, -0.2) is 0 Å². The lowest BCUT2D eigenvalue weighted by Gasteiger charge is -1.93. The van der Waals surface area contributed by atoms with Gasteiger partial charge in [0.05, 0.1) is 12.6 Å². The van der Waals surface area contributed by atoms with Crippen LogP contribution >= 0.6 is 45.5 Å². The van der Waals surface area contributed by atoms with Crippen molar-refractivity contribution in [2.24, 2.45) is 0 Å². The average molecular weight is 313 g/mol. The molecule has 1 aromatic heterocycles. The Bertz CT molecular complexity index is 438. The zero-order valence-electron chi connectivity index (χ0n) is 5.77. The number of rotatable bonds is 0. The Balaban J connectivity index is 2.89. The van der Waals surface area contributed by atoms with Crippen molar-refractivity contribution >= 4 is 55.6 Å². The highest BCUT2D eigenvalue weighted by Crippen LogP contribution is 2.32. The maximum atomic E-state index is 13.3. The number of benzene rings is 1. The topological polar surface area (TPSA) is 0 Å². The highest BCUT2D eigenvalue weighted by molar-refractivity contribution is 14.1. The van der Waals surface area contributed by atoms with Gasteiger partial charge in [-0.2, -0.15) is 0 Å². The van der Waals surface area contributed by atoms with Crippen molar-refractivity contribution in [2.75, 3.05) is 0 Å². The molecule has 0 radical (unpaired) electrons. The summed E-state index contributed by atoms with van der Waals surface area (Å²) in [6, 6.07) is 5.36. The number of hydrogen-bond acceptors (Lipinski definition) is 1. The van der Waals surface area contributed by atoms with E-state index in [2.05, 4.69) is 22.6 Å². The van der Waals surface area contributed by atoms with E-state index in [-0.39, 0.29) is 10.8 Å². The maximum absolute atomic E-state index is 13.3. The third-order valence-corrected chi connectivity index (χ3v) is 3.74. The summed E-state index contributed by atoms with van der Waals surface area (Å²) in [5.41, 5.74) is 0. The molecule has 0 aliphatic heterocycles. The van der Waals surface area contributed by atoms with Crippen LogP contribution in [0.2, 0.25) is 5.02 Å². The summed E-state index contributed by atoms with van der Waals surface area (Å²) >= 11 is 9.22. The summed E-state index contributed by atoms with van der Waals surface area (Å²) in [4.78, 5) is 0. The summed E-state index contributed by atoms with van der Waals surface area (Å²) in [5.74, 6) is -0.304. The van der Waals surface area contributed by atoms with Gasteiger partial charge in [-0.25, -0.2) is 4.39 Å². The number of fused-ring (bicyclic) bond motifs is 1. The first kappa shape index (κ1) is 8.72. The van der Waals surface area contributed by atoms with Crippen LogP contribution in [0.4, 0.5) is 4.39 Å². The van der Waals surface area contributed by atoms with E-state index in [0.717, 1.165) is 8.27 Å². The summed E-state index contributed by atoms with van der Waals surface area (Å²) in [6.07, 6.45) is 0. The fraction of sp³-hybridized carbons (Fsp3) is 0. The first-order chi connectivity index (χ1) is 5.68. The molecular weight excluding hydrogens is 310 g/mol. The van der Waals surface area contributed by atoms with Crippen LogP contribution in [0, 0.1) is 8.70 Å². The maximum Gasteiger partial charge on any atom is 0.159 e. The second-order valence-corrected chi connectivity index (χ2v) is 5.68. The molecule has 0 atom stereocenters. The highest BCUT2D eigenvalue weighted by Gasteiger charge is 2.07. The van der Waals surface area contributed by atoms with E-state index in [4.69, 9.17) is 11.6 Å². The van der Waals surface area contributed by atoms with Crippen molar-refractivity contribution in [3.8, 4) is 0 Å². The van der Waals surface area contributed by atoms with E-state index in [0.29, 0.717) is 4.70 Å². The highest BCUT2D eigenvalue weighted by atomic mass is 127. The van der Waals surface area contributed by atoms with Crippen molar-refractivity contribution < 1.29 is 4.39 Å². The molecule has 2 aromatic rings. The summed E-state index contributed by atoms with van der Waals surface area (Å²) < 4.78 is 15.0. The van der Waals surface area contributed by atoms with E-state index in [9.17, 15) is 4.39 Å². The van der Waals surface area contributed by atoms with Gasteiger partial charge in [-0.3, -0.25) is 0 Å². The quantitative estimate of drug-likeness (QED) is 0.636. The summed E-state index contributed by atoms with van der Waals surface area (Å²) in [6.45, 7) is 0. The second kappa shape index (κ2) is 3.12. The van der Waals surface area contributed by atoms with Gasteiger partial charge in [0.25, 0.3) is 0 Å². The molecule has 0 unspecified atom stereocenters. The Hall–Kier alpha value is 0.130. The van der Waals surface area contributed by atoms with Gasteiger partial charge >= 0.3 is 0 Å². The van der Waals surface area contributed by atoms with Crippen LogP contribution in [0.15, 0.2) is 18.2 Å². The Labute approximate surface area is 91.5 Å². The third kappa shape index (κ3) is 1.34. The van der Waals surface area contributed by atoms with Crippen LogP contribution in [0.1, 0.15) is 0 Å². The molecule has 0 amide bonds. The molecule has 0 aliphatic rings. The van der Waals surface area contributed by atoms with Crippen molar-refractivity contribution in [1.29, 1.82) is 0 Å². The summed E-state index contributed by atoms with van der Waals surface area (Å²) in [7, 11) is 0. The predicted octanol–water partition coefficient (Wildman–Crippen LogP) is 4.30. The first-order valence-electron chi connectivity index (χ1n) is 3.21. The summed E-state index contributed by atoms with van der Waals surface area (Å²) in [5, 5.41) is 1.12. The Morgan fingerprint density at radius 3 is 2.92 bits per heavy atom. The van der Waals surface area contributed by atoms with Crippen LogP contribution in [0.25, 0.3) is 10.1 Å². The molecule has 0 fully saturated rings. The third-order valence-electron chi connectivity index (χ3n) is 1.55. The zero-order valence-corrected chi connectivity index (χ0v) is 9.50. The van der Waals surface area contributed by atoms with Gasteiger partial charge in [0.15, 0.2) is 5.82 Å². The molecule has 4 heteroatoms.